The maximum Gasteiger partial charge on any atom is 0.302 e. The van der Waals surface area contributed by atoms with Gasteiger partial charge in [-0.2, -0.15) is 0 Å². The number of benzene rings is 1. The quantitative estimate of drug-likeness (QED) is 0.776. The highest BCUT2D eigenvalue weighted by Crippen LogP contribution is 2.23. The maximum absolute atomic E-state index is 12.8. The number of aliphatic hydroxyl groups is 1. The third-order valence-corrected chi connectivity index (χ3v) is 2.59. The molecule has 94 valence electrons. The monoisotopic (exact) mass is 240 g/mol. The minimum absolute atomic E-state index is 0.0577. The zero-order chi connectivity index (χ0) is 12.7. The van der Waals surface area contributed by atoms with Gasteiger partial charge in [0.2, 0.25) is 0 Å². The second-order valence-electron chi connectivity index (χ2n) is 3.89. The van der Waals surface area contributed by atoms with E-state index in [0.29, 0.717) is 19.4 Å². The standard InChI is InChI=1S/C13H17FO3/c1-10(16)17-9-7-12(6-8-15)11-2-4-13(14)5-3-11/h2-5,12,15H,6-9H2,1H3/t12-/m1/s1. The molecule has 0 aromatic heterocycles. The van der Waals surface area contributed by atoms with Crippen molar-refractivity contribution in [2.75, 3.05) is 13.2 Å². The fourth-order valence-corrected chi connectivity index (χ4v) is 1.71. The average molecular weight is 240 g/mol. The molecule has 17 heavy (non-hydrogen) atoms. The highest BCUT2D eigenvalue weighted by Gasteiger charge is 2.11. The molecule has 1 atom stereocenters. The zero-order valence-corrected chi connectivity index (χ0v) is 9.86. The summed E-state index contributed by atoms with van der Waals surface area (Å²) in [4.78, 5) is 10.6. The molecule has 1 aromatic carbocycles. The Balaban J connectivity index is 2.58. The molecule has 0 bridgehead atoms. The van der Waals surface area contributed by atoms with Gasteiger partial charge >= 0.3 is 5.97 Å². The van der Waals surface area contributed by atoms with Gasteiger partial charge < -0.3 is 9.84 Å². The van der Waals surface area contributed by atoms with Gasteiger partial charge in [-0.05, 0) is 36.5 Å². The maximum atomic E-state index is 12.8. The fraction of sp³-hybridized carbons (Fsp3) is 0.462. The van der Waals surface area contributed by atoms with E-state index in [4.69, 9.17) is 9.84 Å². The Labute approximate surface area is 100 Å². The molecular formula is C13H17FO3. The number of carbonyl (C=O) groups excluding carboxylic acids is 1. The van der Waals surface area contributed by atoms with Gasteiger partial charge in [-0.15, -0.1) is 0 Å². The van der Waals surface area contributed by atoms with Crippen molar-refractivity contribution in [2.24, 2.45) is 0 Å². The number of esters is 1. The summed E-state index contributed by atoms with van der Waals surface area (Å²) in [6, 6.07) is 6.18. The van der Waals surface area contributed by atoms with E-state index in [-0.39, 0.29) is 24.3 Å². The average Bonchev–Trinajstić information content (AvgIpc) is 2.29. The summed E-state index contributed by atoms with van der Waals surface area (Å²) < 4.78 is 17.6. The molecule has 0 saturated carbocycles. The third-order valence-electron chi connectivity index (χ3n) is 2.59. The van der Waals surface area contributed by atoms with Crippen LogP contribution in [-0.2, 0) is 9.53 Å². The first-order chi connectivity index (χ1) is 8.13. The molecule has 1 aromatic rings. The number of ether oxygens (including phenoxy) is 1. The van der Waals surface area contributed by atoms with Gasteiger partial charge in [0.05, 0.1) is 6.61 Å². The van der Waals surface area contributed by atoms with Gasteiger partial charge in [-0.1, -0.05) is 12.1 Å². The molecule has 0 unspecified atom stereocenters. The Kier molecular flexibility index (Phi) is 5.63. The van der Waals surface area contributed by atoms with Crippen LogP contribution >= 0.6 is 0 Å². The van der Waals surface area contributed by atoms with Crippen molar-refractivity contribution in [1.29, 1.82) is 0 Å². The van der Waals surface area contributed by atoms with E-state index < -0.39 is 0 Å². The fourth-order valence-electron chi connectivity index (χ4n) is 1.71. The van der Waals surface area contributed by atoms with E-state index in [1.165, 1.54) is 19.1 Å². The SMILES string of the molecule is CC(=O)OCC[C@@H](CCO)c1ccc(F)cc1. The minimum Gasteiger partial charge on any atom is -0.466 e. The molecule has 0 amide bonds. The van der Waals surface area contributed by atoms with Crippen LogP contribution in [0, 0.1) is 5.82 Å². The van der Waals surface area contributed by atoms with Crippen LogP contribution in [-0.4, -0.2) is 24.3 Å². The van der Waals surface area contributed by atoms with Crippen LogP contribution in [0.5, 0.6) is 0 Å². The van der Waals surface area contributed by atoms with Gasteiger partial charge in [0.15, 0.2) is 0 Å². The molecule has 4 heteroatoms. The summed E-state index contributed by atoms with van der Waals surface area (Å²) in [5.74, 6) is -0.511. The Morgan fingerprint density at radius 1 is 1.35 bits per heavy atom. The van der Waals surface area contributed by atoms with Crippen molar-refractivity contribution in [3.8, 4) is 0 Å². The van der Waals surface area contributed by atoms with Crippen molar-refractivity contribution in [3.63, 3.8) is 0 Å². The highest BCUT2D eigenvalue weighted by molar-refractivity contribution is 5.65. The smallest absolute Gasteiger partial charge is 0.302 e. The summed E-state index contributed by atoms with van der Waals surface area (Å²) in [6.45, 7) is 1.73. The molecule has 0 aliphatic carbocycles. The number of carbonyl (C=O) groups is 1. The van der Waals surface area contributed by atoms with E-state index in [2.05, 4.69) is 0 Å². The third kappa shape index (κ3) is 4.95. The molecule has 0 radical (unpaired) electrons. The highest BCUT2D eigenvalue weighted by atomic mass is 19.1. The van der Waals surface area contributed by atoms with Gasteiger partial charge in [-0.3, -0.25) is 4.79 Å². The van der Waals surface area contributed by atoms with Gasteiger partial charge in [0.25, 0.3) is 0 Å². The summed E-state index contributed by atoms with van der Waals surface area (Å²) >= 11 is 0. The van der Waals surface area contributed by atoms with Crippen LogP contribution in [0.15, 0.2) is 24.3 Å². The number of hydrogen-bond acceptors (Lipinski definition) is 3. The lowest BCUT2D eigenvalue weighted by atomic mass is 9.93. The lowest BCUT2D eigenvalue weighted by molar-refractivity contribution is -0.141. The van der Waals surface area contributed by atoms with Crippen molar-refractivity contribution in [1.82, 2.24) is 0 Å². The number of rotatable bonds is 6. The van der Waals surface area contributed by atoms with E-state index in [1.54, 1.807) is 12.1 Å². The predicted octanol–water partition coefficient (Wildman–Crippen LogP) is 2.24. The van der Waals surface area contributed by atoms with Crippen molar-refractivity contribution in [3.05, 3.63) is 35.6 Å². The molecule has 0 aliphatic heterocycles. The van der Waals surface area contributed by atoms with E-state index >= 15 is 0 Å². The minimum atomic E-state index is -0.313. The first-order valence-electron chi connectivity index (χ1n) is 5.63. The lowest BCUT2D eigenvalue weighted by Crippen LogP contribution is -2.08. The second kappa shape index (κ2) is 7.01. The number of halogens is 1. The summed E-state index contributed by atoms with van der Waals surface area (Å²) in [5, 5.41) is 8.98. The molecule has 0 saturated heterocycles. The van der Waals surface area contributed by atoms with Gasteiger partial charge in [-0.25, -0.2) is 4.39 Å². The lowest BCUT2D eigenvalue weighted by Gasteiger charge is -2.16. The predicted molar refractivity (Wildman–Crippen MR) is 62.1 cm³/mol. The normalized spacial score (nSPS) is 12.2. The first kappa shape index (κ1) is 13.6. The van der Waals surface area contributed by atoms with E-state index in [1.807, 2.05) is 0 Å². The van der Waals surface area contributed by atoms with E-state index in [9.17, 15) is 9.18 Å². The molecule has 1 N–H and O–H groups in total. The van der Waals surface area contributed by atoms with Crippen LogP contribution in [0.2, 0.25) is 0 Å². The molecule has 0 heterocycles. The van der Waals surface area contributed by atoms with E-state index in [0.717, 1.165) is 5.56 Å². The molecule has 0 spiro atoms. The van der Waals surface area contributed by atoms with Gasteiger partial charge in [0, 0.05) is 13.5 Å². The van der Waals surface area contributed by atoms with Crippen LogP contribution in [0.25, 0.3) is 0 Å². The number of hydrogen-bond donors (Lipinski definition) is 1. The first-order valence-corrected chi connectivity index (χ1v) is 5.63. The van der Waals surface area contributed by atoms with Crippen LogP contribution < -0.4 is 0 Å². The summed E-state index contributed by atoms with van der Waals surface area (Å²) in [5.41, 5.74) is 0.951. The van der Waals surface area contributed by atoms with Crippen LogP contribution in [0.1, 0.15) is 31.2 Å². The Hall–Kier alpha value is -1.42. The molecule has 3 nitrogen and oxygen atoms in total. The Morgan fingerprint density at radius 2 is 2.00 bits per heavy atom. The topological polar surface area (TPSA) is 46.5 Å². The Bertz CT molecular complexity index is 348. The molecule has 0 aliphatic rings. The zero-order valence-electron chi connectivity index (χ0n) is 9.86. The second-order valence-corrected chi connectivity index (χ2v) is 3.89. The van der Waals surface area contributed by atoms with Crippen molar-refractivity contribution < 1.29 is 19.0 Å². The Morgan fingerprint density at radius 3 is 2.53 bits per heavy atom. The van der Waals surface area contributed by atoms with Crippen molar-refractivity contribution >= 4 is 5.97 Å². The molecule has 0 fully saturated rings. The molecular weight excluding hydrogens is 223 g/mol. The molecule has 1 rings (SSSR count). The van der Waals surface area contributed by atoms with Gasteiger partial charge in [0.1, 0.15) is 5.82 Å². The largest absolute Gasteiger partial charge is 0.466 e. The van der Waals surface area contributed by atoms with Crippen LogP contribution in [0.4, 0.5) is 4.39 Å². The summed E-state index contributed by atoms with van der Waals surface area (Å²) in [7, 11) is 0. The number of aliphatic hydroxyl groups excluding tert-OH is 1. The van der Waals surface area contributed by atoms with Crippen molar-refractivity contribution in [2.45, 2.75) is 25.7 Å². The van der Waals surface area contributed by atoms with Crippen LogP contribution in [0.3, 0.4) is 0 Å². The summed E-state index contributed by atoms with van der Waals surface area (Å²) in [6.07, 6.45) is 1.21.